The summed E-state index contributed by atoms with van der Waals surface area (Å²) in [5.41, 5.74) is 0. The van der Waals surface area contributed by atoms with E-state index in [-0.39, 0.29) is 0 Å². The molecule has 2 heterocycles. The number of hydrogen-bond acceptors (Lipinski definition) is 4. The van der Waals surface area contributed by atoms with Crippen molar-refractivity contribution < 1.29 is 0 Å². The fourth-order valence-electron chi connectivity index (χ4n) is 4.19. The third-order valence-electron chi connectivity index (χ3n) is 5.83. The maximum atomic E-state index is 4.62. The summed E-state index contributed by atoms with van der Waals surface area (Å²) in [7, 11) is 0. The second-order valence-electron chi connectivity index (χ2n) is 8.12. The van der Waals surface area contributed by atoms with Crippen LogP contribution >= 0.6 is 67.0 Å². The number of thioether (sulfide) groups is 2. The van der Waals surface area contributed by atoms with E-state index in [0.29, 0.717) is 0 Å². The van der Waals surface area contributed by atoms with Crippen molar-refractivity contribution in [3.63, 3.8) is 0 Å². The van der Waals surface area contributed by atoms with Gasteiger partial charge < -0.3 is 0 Å². The number of hydrogen-bond donors (Lipinski definition) is 0. The first-order chi connectivity index (χ1) is 13.3. The van der Waals surface area contributed by atoms with Gasteiger partial charge in [0.05, 0.1) is 0 Å². The molecule has 6 heteroatoms. The Balaban J connectivity index is 2.53. The van der Waals surface area contributed by atoms with E-state index >= 15 is 0 Å². The Morgan fingerprint density at radius 3 is 1.68 bits per heavy atom. The van der Waals surface area contributed by atoms with E-state index in [1.54, 1.807) is 19.2 Å². The monoisotopic (exact) mass is 540 g/mol. The van der Waals surface area contributed by atoms with Gasteiger partial charge in [-0.1, -0.05) is 0 Å². The quantitative estimate of drug-likeness (QED) is 0.183. The number of rotatable bonds is 13. The van der Waals surface area contributed by atoms with Crippen LogP contribution in [0.1, 0.15) is 69.1 Å². The van der Waals surface area contributed by atoms with Gasteiger partial charge in [-0.15, -0.1) is 0 Å². The van der Waals surface area contributed by atoms with Crippen LogP contribution in [0, 0.1) is 6.92 Å². The summed E-state index contributed by atoms with van der Waals surface area (Å²) in [6.45, 7) is 9.36. The molecule has 0 spiro atoms. The van der Waals surface area contributed by atoms with Gasteiger partial charge in [0.1, 0.15) is 0 Å². The van der Waals surface area contributed by atoms with Crippen molar-refractivity contribution in [3.8, 4) is 0 Å². The van der Waals surface area contributed by atoms with Gasteiger partial charge in [-0.25, -0.2) is 0 Å². The van der Waals surface area contributed by atoms with Gasteiger partial charge in [0.2, 0.25) is 0 Å². The van der Waals surface area contributed by atoms with Crippen molar-refractivity contribution in [2.45, 2.75) is 82.2 Å². The molecule has 0 bridgehead atoms. The van der Waals surface area contributed by atoms with E-state index < -0.39 is 5.31 Å². The number of fused-ring (bicyclic) bond motifs is 1. The predicted octanol–water partition coefficient (Wildman–Crippen LogP) is 10.5. The Morgan fingerprint density at radius 1 is 0.786 bits per heavy atom. The molecule has 0 fully saturated rings. The molecule has 2 aromatic rings. The van der Waals surface area contributed by atoms with Gasteiger partial charge in [0, 0.05) is 0 Å². The van der Waals surface area contributed by atoms with Crippen molar-refractivity contribution in [2.24, 2.45) is 0 Å². The summed E-state index contributed by atoms with van der Waals surface area (Å²) < 4.78 is 3.13. The molecule has 0 aliphatic carbocycles. The molecule has 0 aliphatic heterocycles. The SMILES string of the molecule is CCCCP(Br)(CCCC)(CCCC)Cc1sc2c(SC)c(C)sc2c1SC. The first-order valence-corrected chi connectivity index (χ1v) is 19.8. The van der Waals surface area contributed by atoms with Crippen LogP contribution in [0.2, 0.25) is 0 Å². The van der Waals surface area contributed by atoms with Gasteiger partial charge in [-0.3, -0.25) is 0 Å². The van der Waals surface area contributed by atoms with E-state index in [1.165, 1.54) is 72.9 Å². The van der Waals surface area contributed by atoms with Gasteiger partial charge in [0.25, 0.3) is 0 Å². The Kier molecular flexibility index (Phi) is 10.2. The molecule has 0 unspecified atom stereocenters. The van der Waals surface area contributed by atoms with E-state index in [9.17, 15) is 0 Å². The third kappa shape index (κ3) is 5.74. The summed E-state index contributed by atoms with van der Waals surface area (Å²) in [6.07, 6.45) is 18.2. The van der Waals surface area contributed by atoms with Crippen molar-refractivity contribution >= 4 is 76.4 Å². The van der Waals surface area contributed by atoms with E-state index in [4.69, 9.17) is 0 Å². The molecule has 2 aromatic heterocycles. The summed E-state index contributed by atoms with van der Waals surface area (Å²) in [5.74, 6) is 0. The molecule has 0 saturated heterocycles. The second-order valence-corrected chi connectivity index (χ2v) is 23.4. The topological polar surface area (TPSA) is 0 Å². The number of halogens is 1. The minimum atomic E-state index is -1.91. The van der Waals surface area contributed by atoms with Crippen molar-refractivity contribution in [1.82, 2.24) is 0 Å². The van der Waals surface area contributed by atoms with E-state index in [2.05, 4.69) is 67.0 Å². The molecule has 0 amide bonds. The first-order valence-electron chi connectivity index (χ1n) is 10.7. The van der Waals surface area contributed by atoms with Crippen molar-refractivity contribution in [3.05, 3.63) is 9.75 Å². The van der Waals surface area contributed by atoms with E-state index in [1.807, 2.05) is 34.9 Å². The average Bonchev–Trinajstić information content (AvgIpc) is 3.16. The maximum absolute atomic E-state index is 4.62. The van der Waals surface area contributed by atoms with Gasteiger partial charge in [-0.05, 0) is 0 Å². The van der Waals surface area contributed by atoms with Crippen LogP contribution in [0.5, 0.6) is 0 Å². The number of unbranched alkanes of at least 4 members (excludes halogenated alkanes) is 3. The van der Waals surface area contributed by atoms with Crippen LogP contribution in [-0.2, 0) is 6.16 Å². The van der Waals surface area contributed by atoms with Crippen molar-refractivity contribution in [1.29, 1.82) is 0 Å². The summed E-state index contributed by atoms with van der Waals surface area (Å²) >= 11 is 12.7. The summed E-state index contributed by atoms with van der Waals surface area (Å²) in [6, 6.07) is 0. The van der Waals surface area contributed by atoms with Crippen LogP contribution in [0.25, 0.3) is 9.40 Å². The standard InChI is InChI=1S/C22H38BrPS4/c1-7-10-13-24(23,14-11-8-2,15-12-9-3)16-18-20(26-6)22-21(28-18)19(25-5)17(4)27-22/h7-16H2,1-6H3. The molecule has 0 N–H and O–H groups in total. The molecule has 0 aliphatic rings. The zero-order valence-electron chi connectivity index (χ0n) is 18.5. The Morgan fingerprint density at radius 2 is 1.25 bits per heavy atom. The minimum absolute atomic E-state index is 1.31. The van der Waals surface area contributed by atoms with Crippen LogP contribution < -0.4 is 0 Å². The Hall–Kier alpha value is 1.27. The van der Waals surface area contributed by atoms with Crippen LogP contribution in [0.3, 0.4) is 0 Å². The summed E-state index contributed by atoms with van der Waals surface area (Å²) in [4.78, 5) is 6.29. The predicted molar refractivity (Wildman–Crippen MR) is 147 cm³/mol. The molecular weight excluding hydrogens is 503 g/mol. The fourth-order valence-corrected chi connectivity index (χ4v) is 19.4. The molecule has 0 atom stereocenters. The second kappa shape index (κ2) is 11.2. The van der Waals surface area contributed by atoms with Gasteiger partial charge in [0.15, 0.2) is 0 Å². The molecule has 0 radical (unpaired) electrons. The molecule has 0 saturated carbocycles. The summed E-state index contributed by atoms with van der Waals surface area (Å²) in [5, 5.41) is -1.91. The number of thiophene rings is 2. The Labute approximate surface area is 198 Å². The zero-order chi connectivity index (χ0) is 20.8. The molecular formula is C22H38BrPS4. The van der Waals surface area contributed by atoms with E-state index in [0.717, 1.165) is 0 Å². The molecule has 162 valence electrons. The van der Waals surface area contributed by atoms with Gasteiger partial charge in [-0.2, -0.15) is 0 Å². The van der Waals surface area contributed by atoms with Crippen LogP contribution in [-0.4, -0.2) is 31.0 Å². The number of aryl methyl sites for hydroxylation is 1. The third-order valence-corrected chi connectivity index (χ3v) is 20.2. The molecule has 0 aromatic carbocycles. The van der Waals surface area contributed by atoms with Gasteiger partial charge >= 0.3 is 199 Å². The molecule has 28 heavy (non-hydrogen) atoms. The van der Waals surface area contributed by atoms with Crippen LogP contribution in [0.15, 0.2) is 9.79 Å². The molecule has 0 nitrogen and oxygen atoms in total. The van der Waals surface area contributed by atoms with Crippen molar-refractivity contribution in [2.75, 3.05) is 31.0 Å². The Bertz CT molecular complexity index is 740. The zero-order valence-corrected chi connectivity index (χ0v) is 24.3. The fraction of sp³-hybridized carbons (Fsp3) is 0.727. The first kappa shape index (κ1) is 25.5. The van der Waals surface area contributed by atoms with Crippen LogP contribution in [0.4, 0.5) is 0 Å². The molecule has 2 rings (SSSR count). The average molecular weight is 542 g/mol. The normalized spacial score (nSPS) is 13.9.